The summed E-state index contributed by atoms with van der Waals surface area (Å²) in [6, 6.07) is 7.41. The van der Waals surface area contributed by atoms with Crippen molar-refractivity contribution in [3.63, 3.8) is 0 Å². The number of hydrogen-bond acceptors (Lipinski definition) is 4. The van der Waals surface area contributed by atoms with Crippen LogP contribution in [0.25, 0.3) is 0 Å². The molecule has 0 saturated carbocycles. The lowest BCUT2D eigenvalue weighted by Crippen LogP contribution is -2.46. The zero-order chi connectivity index (χ0) is 20.5. The first-order valence-electron chi connectivity index (χ1n) is 9.59. The molecule has 0 aromatic heterocycles. The number of ether oxygens (including phenoxy) is 2. The number of carboxylic acids is 1. The number of halogens is 1. The number of amides is 1. The number of rotatable bonds is 10. The molecule has 1 aliphatic rings. The van der Waals surface area contributed by atoms with Gasteiger partial charge in [-0.25, -0.2) is 4.79 Å². The van der Waals surface area contributed by atoms with Crippen molar-refractivity contribution in [2.75, 3.05) is 20.3 Å². The van der Waals surface area contributed by atoms with Gasteiger partial charge in [-0.15, -0.1) is 0 Å². The Kier molecular flexibility index (Phi) is 9.24. The van der Waals surface area contributed by atoms with Crippen LogP contribution in [-0.4, -0.2) is 54.3 Å². The average Bonchev–Trinajstić information content (AvgIpc) is 2.68. The number of benzene rings is 1. The SMILES string of the molecule is CCCCC(=O)N(CCOC)[C@@H]1CC(C(=O)O)=C[C@H](Oc2ccccc2I)C1. The van der Waals surface area contributed by atoms with Crippen molar-refractivity contribution < 1.29 is 24.2 Å². The smallest absolute Gasteiger partial charge is 0.331 e. The molecule has 0 radical (unpaired) electrons. The molecule has 28 heavy (non-hydrogen) atoms. The lowest BCUT2D eigenvalue weighted by Gasteiger charge is -2.36. The van der Waals surface area contributed by atoms with E-state index in [1.165, 1.54) is 0 Å². The molecule has 1 aromatic carbocycles. The predicted molar refractivity (Wildman–Crippen MR) is 115 cm³/mol. The highest BCUT2D eigenvalue weighted by molar-refractivity contribution is 14.1. The van der Waals surface area contributed by atoms with Crippen LogP contribution >= 0.6 is 22.6 Å². The van der Waals surface area contributed by atoms with E-state index in [4.69, 9.17) is 9.47 Å². The summed E-state index contributed by atoms with van der Waals surface area (Å²) in [7, 11) is 1.60. The molecule has 0 spiro atoms. The third-order valence-electron chi connectivity index (χ3n) is 4.78. The van der Waals surface area contributed by atoms with Gasteiger partial charge in [-0.3, -0.25) is 4.79 Å². The highest BCUT2D eigenvalue weighted by atomic mass is 127. The first-order chi connectivity index (χ1) is 13.5. The normalized spacial score (nSPS) is 19.0. The van der Waals surface area contributed by atoms with Gasteiger partial charge in [0.1, 0.15) is 11.9 Å². The average molecular weight is 501 g/mol. The Bertz CT molecular complexity index is 706. The van der Waals surface area contributed by atoms with Crippen LogP contribution in [0, 0.1) is 3.57 Å². The van der Waals surface area contributed by atoms with Crippen LogP contribution < -0.4 is 4.74 Å². The predicted octanol–water partition coefficient (Wildman–Crippen LogP) is 3.88. The topological polar surface area (TPSA) is 76.1 Å². The monoisotopic (exact) mass is 501 g/mol. The first kappa shape index (κ1) is 22.7. The Hall–Kier alpha value is -1.61. The number of hydrogen-bond donors (Lipinski definition) is 1. The van der Waals surface area contributed by atoms with Gasteiger partial charge in [-0.05, 0) is 53.6 Å². The molecule has 1 amide bonds. The largest absolute Gasteiger partial charge is 0.485 e. The van der Waals surface area contributed by atoms with E-state index in [1.54, 1.807) is 18.1 Å². The van der Waals surface area contributed by atoms with E-state index in [9.17, 15) is 14.7 Å². The van der Waals surface area contributed by atoms with E-state index < -0.39 is 12.1 Å². The minimum atomic E-state index is -0.964. The van der Waals surface area contributed by atoms with E-state index in [2.05, 4.69) is 22.6 Å². The van der Waals surface area contributed by atoms with Gasteiger partial charge in [0.2, 0.25) is 5.91 Å². The third-order valence-corrected chi connectivity index (χ3v) is 5.67. The van der Waals surface area contributed by atoms with E-state index in [0.29, 0.717) is 32.4 Å². The maximum Gasteiger partial charge on any atom is 0.331 e. The van der Waals surface area contributed by atoms with Gasteiger partial charge >= 0.3 is 5.97 Å². The van der Waals surface area contributed by atoms with Crippen molar-refractivity contribution >= 4 is 34.5 Å². The number of carbonyl (C=O) groups is 2. The summed E-state index contributed by atoms with van der Waals surface area (Å²) in [6.45, 7) is 2.92. The molecule has 0 bridgehead atoms. The van der Waals surface area contributed by atoms with E-state index in [1.807, 2.05) is 31.2 Å². The Labute approximate surface area is 180 Å². The molecular formula is C21H28INO5. The summed E-state index contributed by atoms with van der Waals surface area (Å²) >= 11 is 2.19. The molecule has 2 atom stereocenters. The summed E-state index contributed by atoms with van der Waals surface area (Å²) < 4.78 is 12.2. The summed E-state index contributed by atoms with van der Waals surface area (Å²) in [5.74, 6) is -0.201. The second kappa shape index (κ2) is 11.4. The lowest BCUT2D eigenvalue weighted by atomic mass is 9.91. The second-order valence-electron chi connectivity index (χ2n) is 6.86. The Morgan fingerprint density at radius 3 is 2.71 bits per heavy atom. The summed E-state index contributed by atoms with van der Waals surface area (Å²) in [4.78, 5) is 26.2. The minimum absolute atomic E-state index is 0.0450. The highest BCUT2D eigenvalue weighted by Gasteiger charge is 2.33. The molecule has 7 heteroatoms. The van der Waals surface area contributed by atoms with E-state index in [-0.39, 0.29) is 17.5 Å². The van der Waals surface area contributed by atoms with Crippen molar-refractivity contribution in [1.82, 2.24) is 4.90 Å². The van der Waals surface area contributed by atoms with Gasteiger partial charge in [0.15, 0.2) is 0 Å². The molecule has 0 fully saturated rings. The summed E-state index contributed by atoms with van der Waals surface area (Å²) in [6.07, 6.45) is 4.38. The van der Waals surface area contributed by atoms with Crippen LogP contribution in [0.3, 0.4) is 0 Å². The number of carboxylic acid groups (broad SMARTS) is 1. The van der Waals surface area contributed by atoms with Crippen LogP contribution in [0.5, 0.6) is 5.75 Å². The molecule has 6 nitrogen and oxygen atoms in total. The maximum absolute atomic E-state index is 12.8. The lowest BCUT2D eigenvalue weighted by molar-refractivity contribution is -0.137. The number of para-hydroxylation sites is 1. The van der Waals surface area contributed by atoms with Gasteiger partial charge in [-0.2, -0.15) is 0 Å². The Balaban J connectivity index is 2.22. The number of methoxy groups -OCH3 is 1. The Morgan fingerprint density at radius 1 is 1.32 bits per heavy atom. The quantitative estimate of drug-likeness (QED) is 0.493. The third kappa shape index (κ3) is 6.48. The van der Waals surface area contributed by atoms with Crippen LogP contribution in [-0.2, 0) is 14.3 Å². The molecule has 1 aromatic rings. The fraction of sp³-hybridized carbons (Fsp3) is 0.524. The second-order valence-corrected chi connectivity index (χ2v) is 8.02. The van der Waals surface area contributed by atoms with E-state index >= 15 is 0 Å². The number of aliphatic carboxylic acids is 1. The molecule has 0 heterocycles. The number of nitrogens with zero attached hydrogens (tertiary/aromatic N) is 1. The van der Waals surface area contributed by atoms with Crippen molar-refractivity contribution in [3.05, 3.63) is 39.5 Å². The van der Waals surface area contributed by atoms with Crippen LogP contribution in [0.15, 0.2) is 35.9 Å². The fourth-order valence-electron chi connectivity index (χ4n) is 3.32. The van der Waals surface area contributed by atoms with Crippen LogP contribution in [0.2, 0.25) is 0 Å². The molecule has 1 aliphatic carbocycles. The molecule has 2 rings (SSSR count). The minimum Gasteiger partial charge on any atom is -0.485 e. The Morgan fingerprint density at radius 2 is 2.07 bits per heavy atom. The van der Waals surface area contributed by atoms with Crippen molar-refractivity contribution in [3.8, 4) is 5.75 Å². The fourth-order valence-corrected chi connectivity index (χ4v) is 3.83. The van der Waals surface area contributed by atoms with Crippen molar-refractivity contribution in [2.45, 2.75) is 51.2 Å². The molecule has 0 unspecified atom stereocenters. The van der Waals surface area contributed by atoms with Gasteiger partial charge in [-0.1, -0.05) is 25.5 Å². The molecule has 0 aliphatic heterocycles. The van der Waals surface area contributed by atoms with Gasteiger partial charge < -0.3 is 19.5 Å². The van der Waals surface area contributed by atoms with Crippen molar-refractivity contribution in [2.24, 2.45) is 0 Å². The standard InChI is InChI=1S/C21H28INO5/c1-3-4-9-20(24)23(10-11-27-2)16-12-15(21(25)26)13-17(14-16)28-19-8-6-5-7-18(19)22/h5-8,13,16-17H,3-4,9-12,14H2,1-2H3,(H,25,26)/t16-,17+/m1/s1. The van der Waals surface area contributed by atoms with Gasteiger partial charge in [0.25, 0.3) is 0 Å². The summed E-state index contributed by atoms with van der Waals surface area (Å²) in [5, 5.41) is 9.58. The van der Waals surface area contributed by atoms with Crippen LogP contribution in [0.4, 0.5) is 0 Å². The van der Waals surface area contributed by atoms with Crippen LogP contribution in [0.1, 0.15) is 39.0 Å². The van der Waals surface area contributed by atoms with Gasteiger partial charge in [0.05, 0.1) is 10.2 Å². The molecule has 154 valence electrons. The number of carbonyl (C=O) groups excluding carboxylic acids is 1. The maximum atomic E-state index is 12.8. The summed E-state index contributed by atoms with van der Waals surface area (Å²) in [5.41, 5.74) is 0.290. The molecule has 0 saturated heterocycles. The van der Waals surface area contributed by atoms with Gasteiger partial charge in [0, 0.05) is 38.1 Å². The number of unbranched alkanes of at least 4 members (excludes halogenated alkanes) is 1. The molecular weight excluding hydrogens is 473 g/mol. The highest BCUT2D eigenvalue weighted by Crippen LogP contribution is 2.29. The van der Waals surface area contributed by atoms with Crippen molar-refractivity contribution in [1.29, 1.82) is 0 Å². The zero-order valence-electron chi connectivity index (χ0n) is 16.4. The molecule has 1 N–H and O–H groups in total. The van der Waals surface area contributed by atoms with E-state index in [0.717, 1.165) is 22.2 Å². The first-order valence-corrected chi connectivity index (χ1v) is 10.7. The zero-order valence-corrected chi connectivity index (χ0v) is 18.6.